The van der Waals surface area contributed by atoms with Crippen LogP contribution in [0.2, 0.25) is 5.02 Å². The molecule has 7 nitrogen and oxygen atoms in total. The summed E-state index contributed by atoms with van der Waals surface area (Å²) in [5, 5.41) is 0.144. The minimum atomic E-state index is -0.874. The van der Waals surface area contributed by atoms with E-state index in [0.717, 1.165) is 10.6 Å². The van der Waals surface area contributed by atoms with Gasteiger partial charge >= 0.3 is 0 Å². The average Bonchev–Trinajstić information content (AvgIpc) is 3.28. The van der Waals surface area contributed by atoms with Crippen molar-refractivity contribution in [3.05, 3.63) is 87.6 Å². The van der Waals surface area contributed by atoms with E-state index in [0.29, 0.717) is 47.0 Å². The molecule has 0 bridgehead atoms. The fourth-order valence-electron chi connectivity index (χ4n) is 3.54. The summed E-state index contributed by atoms with van der Waals surface area (Å²) in [4.78, 5) is 27.2. The molecule has 3 aromatic heterocycles. The number of benzene rings is 2. The number of hydrogen-bond acceptors (Lipinski definition) is 5. The number of aryl methyl sites for hydroxylation is 1. The van der Waals surface area contributed by atoms with Crippen LogP contribution in [0.1, 0.15) is 19.0 Å². The fraction of sp³-hybridized carbons (Fsp3) is 0.130. The van der Waals surface area contributed by atoms with E-state index >= 15 is 0 Å². The number of rotatable bonds is 3. The molecule has 0 aliphatic carbocycles. The van der Waals surface area contributed by atoms with Crippen LogP contribution >= 0.6 is 11.6 Å². The Kier molecular flexibility index (Phi) is 6.51. The second-order valence-electron chi connectivity index (χ2n) is 7.31. The third kappa shape index (κ3) is 4.32. The molecule has 3 N–H and O–H groups in total. The van der Waals surface area contributed by atoms with Gasteiger partial charge in [-0.15, -0.1) is 0 Å². The molecule has 0 spiro atoms. The van der Waals surface area contributed by atoms with Crippen LogP contribution in [0.4, 0.5) is 19.0 Å². The van der Waals surface area contributed by atoms with Crippen LogP contribution in [0.15, 0.2) is 53.8 Å². The highest BCUT2D eigenvalue weighted by Crippen LogP contribution is 2.26. The number of nitrogens with two attached hydrogens (primary N) is 1. The highest BCUT2D eigenvalue weighted by atomic mass is 35.5. The Morgan fingerprint density at radius 2 is 1.85 bits per heavy atom. The Labute approximate surface area is 196 Å². The van der Waals surface area contributed by atoms with Crippen LogP contribution in [0.5, 0.6) is 0 Å². The molecule has 0 saturated carbocycles. The van der Waals surface area contributed by atoms with Crippen LogP contribution in [-0.4, -0.2) is 24.5 Å². The van der Waals surface area contributed by atoms with Crippen LogP contribution < -0.4 is 11.3 Å². The molecule has 2 aromatic carbocycles. The van der Waals surface area contributed by atoms with Gasteiger partial charge in [-0.2, -0.15) is 0 Å². The number of H-pyrrole nitrogens is 1. The van der Waals surface area contributed by atoms with E-state index in [4.69, 9.17) is 17.3 Å². The van der Waals surface area contributed by atoms with Gasteiger partial charge in [0.2, 0.25) is 0 Å². The second kappa shape index (κ2) is 9.52. The summed E-state index contributed by atoms with van der Waals surface area (Å²) in [6.45, 7) is 1.91. The average molecular weight is 487 g/mol. The molecule has 3 heterocycles. The first-order valence-corrected chi connectivity index (χ1v) is 10.6. The van der Waals surface area contributed by atoms with Gasteiger partial charge < -0.3 is 10.7 Å². The van der Waals surface area contributed by atoms with Gasteiger partial charge in [-0.3, -0.25) is 9.36 Å². The minimum absolute atomic E-state index is 0.0276. The molecule has 174 valence electrons. The number of aromatic nitrogens is 5. The number of imidazole rings is 1. The number of pyridine rings is 1. The van der Waals surface area contributed by atoms with E-state index in [1.807, 2.05) is 6.92 Å². The van der Waals surface area contributed by atoms with Gasteiger partial charge in [0.15, 0.2) is 11.5 Å². The van der Waals surface area contributed by atoms with Crippen molar-refractivity contribution >= 4 is 39.4 Å². The van der Waals surface area contributed by atoms with E-state index < -0.39 is 23.0 Å². The summed E-state index contributed by atoms with van der Waals surface area (Å²) < 4.78 is 42.3. The van der Waals surface area contributed by atoms with Crippen molar-refractivity contribution in [3.8, 4) is 5.69 Å². The number of aromatic amines is 1. The van der Waals surface area contributed by atoms with E-state index in [9.17, 15) is 18.0 Å². The first kappa shape index (κ1) is 23.2. The van der Waals surface area contributed by atoms with E-state index in [-0.39, 0.29) is 16.1 Å². The molecule has 0 unspecified atom stereocenters. The molecule has 5 rings (SSSR count). The summed E-state index contributed by atoms with van der Waals surface area (Å²) in [5.74, 6) is -1.91. The SMILES string of the molecule is CCCc1cc2ccc(F)c(Cl)c2c(=O)n1-c1ccc(F)cc1F.Nc1ncnc2nc[nH]c12. The number of halogens is 4. The predicted molar refractivity (Wildman–Crippen MR) is 125 cm³/mol. The van der Waals surface area contributed by atoms with Gasteiger partial charge in [0.05, 0.1) is 22.4 Å². The van der Waals surface area contributed by atoms with Crippen molar-refractivity contribution in [2.75, 3.05) is 5.73 Å². The molecule has 0 aliphatic rings. The third-order valence-electron chi connectivity index (χ3n) is 5.06. The van der Waals surface area contributed by atoms with Gasteiger partial charge in [-0.1, -0.05) is 31.0 Å². The fourth-order valence-corrected chi connectivity index (χ4v) is 3.79. The molecular formula is C23H18ClF3N6O. The zero-order valence-electron chi connectivity index (χ0n) is 17.8. The summed E-state index contributed by atoms with van der Waals surface area (Å²) in [7, 11) is 0. The largest absolute Gasteiger partial charge is 0.382 e. The highest BCUT2D eigenvalue weighted by Gasteiger charge is 2.17. The zero-order chi connectivity index (χ0) is 24.4. The molecule has 34 heavy (non-hydrogen) atoms. The maximum Gasteiger partial charge on any atom is 0.264 e. The van der Waals surface area contributed by atoms with Crippen LogP contribution in [0.25, 0.3) is 27.6 Å². The highest BCUT2D eigenvalue weighted by molar-refractivity contribution is 6.35. The zero-order valence-corrected chi connectivity index (χ0v) is 18.6. The molecule has 0 aliphatic heterocycles. The van der Waals surface area contributed by atoms with Crippen molar-refractivity contribution in [2.45, 2.75) is 19.8 Å². The Morgan fingerprint density at radius 3 is 2.56 bits per heavy atom. The Hall–Kier alpha value is -3.92. The van der Waals surface area contributed by atoms with Crippen LogP contribution in [-0.2, 0) is 6.42 Å². The Morgan fingerprint density at radius 1 is 1.06 bits per heavy atom. The van der Waals surface area contributed by atoms with Crippen molar-refractivity contribution in [2.24, 2.45) is 0 Å². The lowest BCUT2D eigenvalue weighted by molar-refractivity contribution is 0.575. The van der Waals surface area contributed by atoms with Gasteiger partial charge in [0, 0.05) is 11.8 Å². The van der Waals surface area contributed by atoms with Crippen LogP contribution in [0.3, 0.4) is 0 Å². The van der Waals surface area contributed by atoms with E-state index in [2.05, 4.69) is 19.9 Å². The number of hydrogen-bond donors (Lipinski definition) is 2. The Balaban J connectivity index is 0.000000226. The number of anilines is 1. The predicted octanol–water partition coefficient (Wildman–Crippen LogP) is 4.95. The van der Waals surface area contributed by atoms with E-state index in [1.54, 1.807) is 6.07 Å². The quantitative estimate of drug-likeness (QED) is 0.375. The summed E-state index contributed by atoms with van der Waals surface area (Å²) in [6, 6.07) is 7.27. The number of fused-ring (bicyclic) bond motifs is 2. The lowest BCUT2D eigenvalue weighted by atomic mass is 10.1. The number of nitrogen functional groups attached to an aromatic ring is 1. The number of nitrogens with zero attached hydrogens (tertiary/aromatic N) is 4. The Bertz CT molecular complexity index is 1570. The van der Waals surface area contributed by atoms with Gasteiger partial charge in [-0.05, 0) is 36.1 Å². The summed E-state index contributed by atoms with van der Waals surface area (Å²) >= 11 is 5.94. The standard InChI is InChI=1S/C18H13ClF3NO.C5H5N5/c1-2-3-12-8-10-4-6-13(21)17(19)16(10)18(24)23(12)15-7-5-11(20)9-14(15)22;6-4-3-5(9-1-7-3)10-2-8-4/h4-9H,2-3H2,1H3;1-2H,(H3,6,7,8,9,10). The first-order chi connectivity index (χ1) is 16.3. The van der Waals surface area contributed by atoms with Crippen molar-refractivity contribution in [3.63, 3.8) is 0 Å². The number of nitrogens with one attached hydrogen (secondary N) is 1. The molecule has 0 radical (unpaired) electrons. The van der Waals surface area contributed by atoms with Gasteiger partial charge in [-0.25, -0.2) is 28.1 Å². The van der Waals surface area contributed by atoms with Crippen molar-refractivity contribution in [1.29, 1.82) is 0 Å². The van der Waals surface area contributed by atoms with Crippen molar-refractivity contribution in [1.82, 2.24) is 24.5 Å². The molecule has 0 amide bonds. The summed E-state index contributed by atoms with van der Waals surface area (Å²) in [5.41, 5.74) is 6.60. The summed E-state index contributed by atoms with van der Waals surface area (Å²) in [6.07, 6.45) is 4.13. The van der Waals surface area contributed by atoms with E-state index in [1.165, 1.54) is 30.9 Å². The maximum atomic E-state index is 14.2. The van der Waals surface area contributed by atoms with Crippen LogP contribution in [0, 0.1) is 17.5 Å². The van der Waals surface area contributed by atoms with Gasteiger partial charge in [0.1, 0.15) is 29.3 Å². The molecule has 0 saturated heterocycles. The molecule has 11 heteroatoms. The first-order valence-electron chi connectivity index (χ1n) is 10.2. The monoisotopic (exact) mass is 486 g/mol. The normalized spacial score (nSPS) is 11.0. The molecule has 0 atom stereocenters. The lowest BCUT2D eigenvalue weighted by Crippen LogP contribution is -2.23. The molecule has 0 fully saturated rings. The topological polar surface area (TPSA) is 102 Å². The maximum absolute atomic E-state index is 14.2. The smallest absolute Gasteiger partial charge is 0.264 e. The van der Waals surface area contributed by atoms with Gasteiger partial charge in [0.25, 0.3) is 5.56 Å². The third-order valence-corrected chi connectivity index (χ3v) is 5.43. The molecule has 5 aromatic rings. The lowest BCUT2D eigenvalue weighted by Gasteiger charge is -2.15. The second-order valence-corrected chi connectivity index (χ2v) is 7.69. The van der Waals surface area contributed by atoms with Crippen molar-refractivity contribution < 1.29 is 13.2 Å². The minimum Gasteiger partial charge on any atom is -0.382 e. The molecular weight excluding hydrogens is 469 g/mol.